The van der Waals surface area contributed by atoms with E-state index in [4.69, 9.17) is 16.3 Å². The first-order chi connectivity index (χ1) is 15.0. The third-order valence-electron chi connectivity index (χ3n) is 4.73. The number of benzene rings is 2. The van der Waals surface area contributed by atoms with Crippen LogP contribution in [0.1, 0.15) is 12.5 Å². The molecule has 0 aliphatic carbocycles. The Kier molecular flexibility index (Phi) is 5.99. The number of halogens is 1. The van der Waals surface area contributed by atoms with Crippen LogP contribution < -0.4 is 10.4 Å². The van der Waals surface area contributed by atoms with E-state index < -0.39 is 5.69 Å². The number of rotatable bonds is 7. The van der Waals surface area contributed by atoms with Crippen LogP contribution in [0.2, 0.25) is 5.02 Å². The zero-order valence-electron chi connectivity index (χ0n) is 16.8. The van der Waals surface area contributed by atoms with Gasteiger partial charge in [-0.3, -0.25) is 4.79 Å². The van der Waals surface area contributed by atoms with E-state index in [2.05, 4.69) is 10.1 Å². The number of nitrogens with zero attached hydrogens (tertiary/aromatic N) is 5. The van der Waals surface area contributed by atoms with Crippen molar-refractivity contribution in [3.63, 3.8) is 0 Å². The molecule has 0 aliphatic rings. The van der Waals surface area contributed by atoms with Crippen molar-refractivity contribution in [2.24, 2.45) is 0 Å². The molecule has 0 spiro atoms. The van der Waals surface area contributed by atoms with Gasteiger partial charge >= 0.3 is 5.69 Å². The molecule has 4 aromatic rings. The molecular formula is C22H20ClN5O3. The van der Waals surface area contributed by atoms with Crippen LogP contribution in [0.4, 0.5) is 0 Å². The molecule has 0 saturated carbocycles. The number of likely N-dealkylation sites (N-methyl/N-ethyl adjacent to an activating group) is 1. The van der Waals surface area contributed by atoms with E-state index in [1.54, 1.807) is 29.2 Å². The maximum absolute atomic E-state index is 12.8. The minimum absolute atomic E-state index is 0.157. The van der Waals surface area contributed by atoms with Crippen LogP contribution in [0.3, 0.4) is 0 Å². The Morgan fingerprint density at radius 2 is 1.87 bits per heavy atom. The van der Waals surface area contributed by atoms with Gasteiger partial charge in [-0.15, -0.1) is 5.10 Å². The predicted molar refractivity (Wildman–Crippen MR) is 116 cm³/mol. The normalized spacial score (nSPS) is 10.9. The predicted octanol–water partition coefficient (Wildman–Crippen LogP) is 3.39. The Bertz CT molecular complexity index is 1250. The molecule has 0 saturated heterocycles. The summed E-state index contributed by atoms with van der Waals surface area (Å²) in [6.07, 6.45) is 2.93. The van der Waals surface area contributed by atoms with Gasteiger partial charge in [-0.2, -0.15) is 0 Å². The summed E-state index contributed by atoms with van der Waals surface area (Å²) in [6, 6.07) is 16.4. The molecule has 2 aromatic heterocycles. The van der Waals surface area contributed by atoms with Crippen molar-refractivity contribution >= 4 is 23.2 Å². The summed E-state index contributed by atoms with van der Waals surface area (Å²) in [6.45, 7) is 2.70. The molecule has 2 heterocycles. The van der Waals surface area contributed by atoms with Gasteiger partial charge in [0.25, 0.3) is 5.88 Å². The second-order valence-corrected chi connectivity index (χ2v) is 7.25. The van der Waals surface area contributed by atoms with Crippen LogP contribution in [0.5, 0.6) is 11.6 Å². The molecule has 1 amide bonds. The van der Waals surface area contributed by atoms with Gasteiger partial charge in [-0.25, -0.2) is 18.9 Å². The lowest BCUT2D eigenvalue weighted by Crippen LogP contribution is -2.36. The molecule has 158 valence electrons. The van der Waals surface area contributed by atoms with Crippen LogP contribution in [0.25, 0.3) is 5.65 Å². The maximum atomic E-state index is 12.8. The fourth-order valence-corrected chi connectivity index (χ4v) is 3.25. The van der Waals surface area contributed by atoms with Crippen LogP contribution in [0, 0.1) is 0 Å². The number of carbonyl (C=O) groups excluding carboxylic acids is 1. The number of ether oxygens (including phenoxy) is 1. The highest BCUT2D eigenvalue weighted by Crippen LogP contribution is 2.23. The van der Waals surface area contributed by atoms with E-state index in [0.717, 1.165) is 10.2 Å². The highest BCUT2D eigenvalue weighted by atomic mass is 35.5. The van der Waals surface area contributed by atoms with Crippen LogP contribution in [-0.4, -0.2) is 36.5 Å². The van der Waals surface area contributed by atoms with Crippen molar-refractivity contribution in [3.8, 4) is 11.6 Å². The molecule has 4 rings (SSSR count). The summed E-state index contributed by atoms with van der Waals surface area (Å²) in [7, 11) is 0. The zero-order valence-corrected chi connectivity index (χ0v) is 17.6. The molecule has 31 heavy (non-hydrogen) atoms. The smallest absolute Gasteiger partial charge is 0.351 e. The van der Waals surface area contributed by atoms with Crippen molar-refractivity contribution in [3.05, 3.63) is 88.1 Å². The Hall–Kier alpha value is -3.65. The summed E-state index contributed by atoms with van der Waals surface area (Å²) in [5, 5.41) is 4.87. The summed E-state index contributed by atoms with van der Waals surface area (Å²) < 4.78 is 8.20. The quantitative estimate of drug-likeness (QED) is 0.442. The third kappa shape index (κ3) is 4.59. The lowest BCUT2D eigenvalue weighted by Gasteiger charge is -2.20. The highest BCUT2D eigenvalue weighted by Gasteiger charge is 2.18. The number of hydrogen-bond donors (Lipinski definition) is 0. The minimum Gasteiger partial charge on any atom is -0.436 e. The second kappa shape index (κ2) is 9.01. The lowest BCUT2D eigenvalue weighted by atomic mass is 10.2. The van der Waals surface area contributed by atoms with Gasteiger partial charge in [0.15, 0.2) is 0 Å². The standard InChI is InChI=1S/C22H20ClN5O3/c1-2-26(14-16-6-4-3-5-7-16)19(29)15-28-22(30)27-13-12-24-21(20(27)25-28)31-18-10-8-17(23)9-11-18/h3-13H,2,14-15H2,1H3. The number of carbonyl (C=O) groups is 1. The topological polar surface area (TPSA) is 81.7 Å². The highest BCUT2D eigenvalue weighted by molar-refractivity contribution is 6.30. The third-order valence-corrected chi connectivity index (χ3v) is 4.99. The Balaban J connectivity index is 1.58. The van der Waals surface area contributed by atoms with Crippen molar-refractivity contribution in [2.45, 2.75) is 20.0 Å². The van der Waals surface area contributed by atoms with Crippen molar-refractivity contribution in [1.82, 2.24) is 24.1 Å². The summed E-state index contributed by atoms with van der Waals surface area (Å²) in [5.74, 6) is 0.456. The minimum atomic E-state index is -0.442. The van der Waals surface area contributed by atoms with E-state index in [9.17, 15) is 9.59 Å². The largest absolute Gasteiger partial charge is 0.436 e. The van der Waals surface area contributed by atoms with E-state index in [-0.39, 0.29) is 24.0 Å². The first-order valence-electron chi connectivity index (χ1n) is 9.74. The zero-order chi connectivity index (χ0) is 21.8. The number of aromatic nitrogens is 4. The summed E-state index contributed by atoms with van der Waals surface area (Å²) >= 11 is 5.90. The van der Waals surface area contributed by atoms with Gasteiger partial charge in [0.05, 0.1) is 0 Å². The molecule has 9 heteroatoms. The lowest BCUT2D eigenvalue weighted by molar-refractivity contribution is -0.132. The van der Waals surface area contributed by atoms with Gasteiger partial charge in [0.2, 0.25) is 11.6 Å². The Morgan fingerprint density at radius 1 is 1.13 bits per heavy atom. The van der Waals surface area contributed by atoms with Crippen LogP contribution >= 0.6 is 11.6 Å². The number of amides is 1. The molecule has 0 N–H and O–H groups in total. The van der Waals surface area contributed by atoms with Gasteiger partial charge < -0.3 is 9.64 Å². The molecular weight excluding hydrogens is 418 g/mol. The average molecular weight is 438 g/mol. The van der Waals surface area contributed by atoms with Crippen molar-refractivity contribution < 1.29 is 9.53 Å². The summed E-state index contributed by atoms with van der Waals surface area (Å²) in [4.78, 5) is 31.5. The molecule has 0 bridgehead atoms. The van der Waals surface area contributed by atoms with E-state index in [0.29, 0.717) is 23.9 Å². The first-order valence-corrected chi connectivity index (χ1v) is 10.1. The average Bonchev–Trinajstić information content (AvgIpc) is 3.10. The first kappa shape index (κ1) is 20.6. The van der Waals surface area contributed by atoms with Gasteiger partial charge in [0.1, 0.15) is 12.3 Å². The summed E-state index contributed by atoms with van der Waals surface area (Å²) in [5.41, 5.74) is 0.798. The molecule has 0 radical (unpaired) electrons. The van der Waals surface area contributed by atoms with Crippen molar-refractivity contribution in [1.29, 1.82) is 0 Å². The Morgan fingerprint density at radius 3 is 2.58 bits per heavy atom. The SMILES string of the molecule is CCN(Cc1ccccc1)C(=O)Cn1nc2c(Oc3ccc(Cl)cc3)nccn2c1=O. The van der Waals surface area contributed by atoms with E-state index >= 15 is 0 Å². The van der Waals surface area contributed by atoms with Gasteiger partial charge in [-0.05, 0) is 36.8 Å². The molecule has 0 aliphatic heterocycles. The van der Waals surface area contributed by atoms with Crippen LogP contribution in [0.15, 0.2) is 71.8 Å². The Labute approximate surface area is 183 Å². The molecule has 2 aromatic carbocycles. The van der Waals surface area contributed by atoms with E-state index in [1.807, 2.05) is 37.3 Å². The molecule has 8 nitrogen and oxygen atoms in total. The van der Waals surface area contributed by atoms with Gasteiger partial charge in [-0.1, -0.05) is 41.9 Å². The van der Waals surface area contributed by atoms with Gasteiger partial charge in [0, 0.05) is 30.5 Å². The molecule has 0 fully saturated rings. The number of hydrogen-bond acceptors (Lipinski definition) is 5. The van der Waals surface area contributed by atoms with Crippen molar-refractivity contribution in [2.75, 3.05) is 6.54 Å². The fourth-order valence-electron chi connectivity index (χ4n) is 3.12. The maximum Gasteiger partial charge on any atom is 0.351 e. The monoisotopic (exact) mass is 437 g/mol. The molecule has 0 atom stereocenters. The van der Waals surface area contributed by atoms with Crippen LogP contribution in [-0.2, 0) is 17.9 Å². The second-order valence-electron chi connectivity index (χ2n) is 6.82. The number of fused-ring (bicyclic) bond motifs is 1. The fraction of sp³-hybridized carbons (Fsp3) is 0.182. The van der Waals surface area contributed by atoms with E-state index in [1.165, 1.54) is 16.8 Å². The molecule has 0 unspecified atom stereocenters.